The van der Waals surface area contributed by atoms with E-state index in [0.717, 1.165) is 12.8 Å². The number of carbonyl (C=O) groups is 1. The summed E-state index contributed by atoms with van der Waals surface area (Å²) in [5.41, 5.74) is 5.08. The quantitative estimate of drug-likeness (QED) is 0.689. The molecule has 2 atom stereocenters. The topological polar surface area (TPSA) is 86.1 Å². The van der Waals surface area contributed by atoms with Crippen molar-refractivity contribution in [1.29, 1.82) is 0 Å². The van der Waals surface area contributed by atoms with E-state index in [1.165, 1.54) is 0 Å². The van der Waals surface area contributed by atoms with Crippen LogP contribution in [0.1, 0.15) is 33.6 Å². The number of ether oxygens (including phenoxy) is 3. The van der Waals surface area contributed by atoms with Crippen LogP contribution < -0.4 is 11.1 Å². The van der Waals surface area contributed by atoms with Crippen molar-refractivity contribution in [3.63, 3.8) is 0 Å². The number of methoxy groups -OCH3 is 1. The summed E-state index contributed by atoms with van der Waals surface area (Å²) in [4.78, 5) is 14.1. The van der Waals surface area contributed by atoms with E-state index in [9.17, 15) is 4.79 Å². The normalized spacial score (nSPS) is 20.4. The molecule has 7 heteroatoms. The van der Waals surface area contributed by atoms with Gasteiger partial charge in [-0.1, -0.05) is 0 Å². The van der Waals surface area contributed by atoms with Crippen LogP contribution in [0.4, 0.5) is 4.79 Å². The van der Waals surface area contributed by atoms with Gasteiger partial charge in [-0.15, -0.1) is 0 Å². The summed E-state index contributed by atoms with van der Waals surface area (Å²) in [5, 5.41) is 3.46. The van der Waals surface area contributed by atoms with Crippen LogP contribution in [0, 0.1) is 0 Å². The Kier molecular flexibility index (Phi) is 8.83. The second-order valence-corrected chi connectivity index (χ2v) is 6.89. The maximum Gasteiger partial charge on any atom is 0.410 e. The second-order valence-electron chi connectivity index (χ2n) is 6.89. The Balaban J connectivity index is 2.54. The molecule has 1 aliphatic heterocycles. The van der Waals surface area contributed by atoms with Gasteiger partial charge in [-0.25, -0.2) is 4.79 Å². The third kappa shape index (κ3) is 7.97. The molecule has 1 saturated heterocycles. The van der Waals surface area contributed by atoms with Gasteiger partial charge in [0.25, 0.3) is 0 Å². The minimum atomic E-state index is -0.493. The minimum Gasteiger partial charge on any atom is -0.444 e. The molecule has 1 rings (SSSR count). The van der Waals surface area contributed by atoms with Gasteiger partial charge in [-0.05, 0) is 40.2 Å². The van der Waals surface area contributed by atoms with E-state index >= 15 is 0 Å². The number of nitrogens with two attached hydrogens (primary N) is 1. The molecule has 7 nitrogen and oxygen atoms in total. The second kappa shape index (κ2) is 10.1. The van der Waals surface area contributed by atoms with E-state index in [2.05, 4.69) is 5.32 Å². The molecule has 2 unspecified atom stereocenters. The molecular formula is C16H33N3O4. The lowest BCUT2D eigenvalue weighted by Gasteiger charge is -2.37. The Bertz CT molecular complexity index is 347. The number of nitrogens with zero attached hydrogens (tertiary/aromatic N) is 1. The van der Waals surface area contributed by atoms with Gasteiger partial charge >= 0.3 is 6.09 Å². The Labute approximate surface area is 139 Å². The van der Waals surface area contributed by atoms with Gasteiger partial charge in [0.2, 0.25) is 0 Å². The largest absolute Gasteiger partial charge is 0.444 e. The molecule has 1 heterocycles. The molecule has 0 saturated carbocycles. The van der Waals surface area contributed by atoms with Gasteiger partial charge in [-0.3, -0.25) is 4.90 Å². The molecule has 0 spiro atoms. The van der Waals surface area contributed by atoms with Gasteiger partial charge in [0.15, 0.2) is 0 Å². The lowest BCUT2D eigenvalue weighted by atomic mass is 10.1. The third-order valence-corrected chi connectivity index (χ3v) is 3.62. The fraction of sp³-hybridized carbons (Fsp3) is 0.938. The van der Waals surface area contributed by atoms with Crippen LogP contribution in [-0.4, -0.2) is 75.2 Å². The van der Waals surface area contributed by atoms with Crippen molar-refractivity contribution in [3.8, 4) is 0 Å². The van der Waals surface area contributed by atoms with Crippen molar-refractivity contribution in [3.05, 3.63) is 0 Å². The predicted octanol–water partition coefficient (Wildman–Crippen LogP) is 0.966. The predicted molar refractivity (Wildman–Crippen MR) is 89.5 cm³/mol. The van der Waals surface area contributed by atoms with E-state index in [0.29, 0.717) is 39.5 Å². The molecular weight excluding hydrogens is 298 g/mol. The molecule has 0 aliphatic carbocycles. The molecule has 0 aromatic heterocycles. The first-order valence-electron chi connectivity index (χ1n) is 8.37. The zero-order valence-corrected chi connectivity index (χ0v) is 15.0. The Morgan fingerprint density at radius 1 is 1.48 bits per heavy atom. The van der Waals surface area contributed by atoms with Gasteiger partial charge in [-0.2, -0.15) is 0 Å². The van der Waals surface area contributed by atoms with Crippen molar-refractivity contribution < 1.29 is 19.0 Å². The highest BCUT2D eigenvalue weighted by atomic mass is 16.6. The summed E-state index contributed by atoms with van der Waals surface area (Å²) in [6.45, 7) is 9.18. The van der Waals surface area contributed by atoms with Crippen LogP contribution >= 0.6 is 0 Å². The summed E-state index contributed by atoms with van der Waals surface area (Å²) in [5.74, 6) is 0. The van der Waals surface area contributed by atoms with Crippen LogP contribution in [0.15, 0.2) is 0 Å². The molecule has 0 aromatic rings. The van der Waals surface area contributed by atoms with Gasteiger partial charge in [0, 0.05) is 26.2 Å². The van der Waals surface area contributed by atoms with E-state index in [-0.39, 0.29) is 18.2 Å². The number of carbonyl (C=O) groups excluding carboxylic acids is 1. The van der Waals surface area contributed by atoms with Crippen molar-refractivity contribution >= 4 is 6.09 Å². The highest BCUT2D eigenvalue weighted by Crippen LogP contribution is 2.14. The number of amides is 1. The zero-order valence-electron chi connectivity index (χ0n) is 15.0. The fourth-order valence-electron chi connectivity index (χ4n) is 2.50. The smallest absolute Gasteiger partial charge is 0.410 e. The first-order chi connectivity index (χ1) is 10.9. The third-order valence-electron chi connectivity index (χ3n) is 3.62. The number of hydrogen-bond donors (Lipinski definition) is 2. The number of morpholine rings is 1. The summed E-state index contributed by atoms with van der Waals surface area (Å²) < 4.78 is 16.3. The lowest BCUT2D eigenvalue weighted by molar-refractivity contribution is -0.0326. The Hall–Kier alpha value is -0.890. The summed E-state index contributed by atoms with van der Waals surface area (Å²) in [6.07, 6.45) is 1.61. The van der Waals surface area contributed by atoms with E-state index in [1.807, 2.05) is 20.8 Å². The first kappa shape index (κ1) is 20.2. The number of rotatable bonds is 8. The average Bonchev–Trinajstić information content (AvgIpc) is 2.48. The van der Waals surface area contributed by atoms with Gasteiger partial charge < -0.3 is 25.3 Å². The molecule has 23 heavy (non-hydrogen) atoms. The highest BCUT2D eigenvalue weighted by Gasteiger charge is 2.31. The number of nitrogens with one attached hydrogen (secondary N) is 1. The van der Waals surface area contributed by atoms with Gasteiger partial charge in [0.1, 0.15) is 5.60 Å². The molecule has 1 amide bonds. The zero-order chi connectivity index (χ0) is 17.3. The molecule has 1 fully saturated rings. The first-order valence-corrected chi connectivity index (χ1v) is 8.37. The summed E-state index contributed by atoms with van der Waals surface area (Å²) in [6, 6.07) is 0.196. The average molecular weight is 331 g/mol. The lowest BCUT2D eigenvalue weighted by Crippen LogP contribution is -2.55. The molecule has 0 radical (unpaired) electrons. The minimum absolute atomic E-state index is 0.0316. The van der Waals surface area contributed by atoms with Crippen LogP contribution in [0.2, 0.25) is 0 Å². The van der Waals surface area contributed by atoms with E-state index < -0.39 is 5.60 Å². The molecule has 0 bridgehead atoms. The monoisotopic (exact) mass is 331 g/mol. The van der Waals surface area contributed by atoms with Crippen molar-refractivity contribution in [2.45, 2.75) is 51.3 Å². The van der Waals surface area contributed by atoms with Crippen LogP contribution in [-0.2, 0) is 14.2 Å². The van der Waals surface area contributed by atoms with Crippen molar-refractivity contribution in [2.75, 3.05) is 46.6 Å². The van der Waals surface area contributed by atoms with Crippen LogP contribution in [0.25, 0.3) is 0 Å². The van der Waals surface area contributed by atoms with Crippen LogP contribution in [0.5, 0.6) is 0 Å². The number of hydrogen-bond acceptors (Lipinski definition) is 6. The SMILES string of the molecule is COCC(CCCN)NCC1COCCN1C(=O)OC(C)(C)C. The van der Waals surface area contributed by atoms with Crippen LogP contribution in [0.3, 0.4) is 0 Å². The maximum absolute atomic E-state index is 12.3. The highest BCUT2D eigenvalue weighted by molar-refractivity contribution is 5.68. The molecule has 136 valence electrons. The standard InChI is InChI=1S/C16H33N3O4/c1-16(2,3)23-15(20)19-8-9-22-12-14(19)10-18-13(11-21-4)6-5-7-17/h13-14,18H,5-12,17H2,1-4H3. The maximum atomic E-state index is 12.3. The summed E-state index contributed by atoms with van der Waals surface area (Å²) in [7, 11) is 1.69. The van der Waals surface area contributed by atoms with Gasteiger partial charge in [0.05, 0.1) is 25.9 Å². The van der Waals surface area contributed by atoms with E-state index in [4.69, 9.17) is 19.9 Å². The van der Waals surface area contributed by atoms with Crippen molar-refractivity contribution in [2.24, 2.45) is 5.73 Å². The molecule has 0 aromatic carbocycles. The fourth-order valence-corrected chi connectivity index (χ4v) is 2.50. The van der Waals surface area contributed by atoms with E-state index in [1.54, 1.807) is 12.0 Å². The molecule has 1 aliphatic rings. The van der Waals surface area contributed by atoms with Crippen molar-refractivity contribution in [1.82, 2.24) is 10.2 Å². The summed E-state index contributed by atoms with van der Waals surface area (Å²) >= 11 is 0. The Morgan fingerprint density at radius 2 is 2.22 bits per heavy atom. The Morgan fingerprint density at radius 3 is 2.83 bits per heavy atom. The molecule has 3 N–H and O–H groups in total.